The molecule has 0 saturated heterocycles. The van der Waals surface area contributed by atoms with Gasteiger partial charge in [-0.15, -0.1) is 0 Å². The topological polar surface area (TPSA) is 410 Å². The minimum Gasteiger partial charge on any atom is -0.378 e. The number of unbranched alkanes of at least 4 members (excludes halogenated alkanes) is 1. The molecule has 0 aromatic rings. The van der Waals surface area contributed by atoms with Gasteiger partial charge in [0.1, 0.15) is 5.66 Å². The molecule has 0 aliphatic rings. The third-order valence-electron chi connectivity index (χ3n) is 3.94. The van der Waals surface area contributed by atoms with Crippen LogP contribution in [0.1, 0.15) is 26.2 Å². The highest BCUT2D eigenvalue weighted by molar-refractivity contribution is 5.26. The minimum atomic E-state index is -3.87. The summed E-state index contributed by atoms with van der Waals surface area (Å²) >= 11 is 0. The lowest BCUT2D eigenvalue weighted by molar-refractivity contribution is -0.0756. The van der Waals surface area contributed by atoms with Crippen LogP contribution in [0.25, 0.3) is 83.5 Å². The van der Waals surface area contributed by atoms with Crippen LogP contribution in [-0.2, 0) is 0 Å². The summed E-state index contributed by atoms with van der Waals surface area (Å²) in [7, 11) is 0. The number of aliphatic hydroxyl groups is 1. The fourth-order valence-corrected chi connectivity index (χ4v) is 2.67. The second kappa shape index (κ2) is 12.2. The average Bonchev–Trinajstić information content (AvgIpc) is 2.77. The van der Waals surface area contributed by atoms with Gasteiger partial charge in [0.25, 0.3) is 0 Å². The van der Waals surface area contributed by atoms with Gasteiger partial charge in [0.2, 0.25) is 5.85 Å². The van der Waals surface area contributed by atoms with Gasteiger partial charge in [-0.05, 0) is 50.7 Å². The zero-order valence-electron chi connectivity index (χ0n) is 16.3. The van der Waals surface area contributed by atoms with Crippen LogP contribution in [0.15, 0.2) is 40.9 Å². The zero-order chi connectivity index (χ0) is 25.4. The maximum Gasteiger partial charge on any atom is 0.240 e. The summed E-state index contributed by atoms with van der Waals surface area (Å²) in [4.78, 5) is 18.6. The maximum absolute atomic E-state index is 10.9. The van der Waals surface area contributed by atoms with Crippen LogP contribution in [0, 0.1) is 0 Å². The summed E-state index contributed by atoms with van der Waals surface area (Å²) < 4.78 is 0. The second-order valence-electron chi connectivity index (χ2n) is 5.42. The molecule has 33 heavy (non-hydrogen) atoms. The average molecular weight is 458 g/mol. The van der Waals surface area contributed by atoms with Crippen LogP contribution in [0.2, 0.25) is 0 Å². The van der Waals surface area contributed by atoms with Gasteiger partial charge in [-0.25, -0.2) is 0 Å². The Hall–Kier alpha value is -5.56. The molecule has 0 amide bonds. The standard InChI is InChI=1S/C8H10N24O/c1-2-3-4-5(17-25-9,18-26-10)6(19-27-11,20-28-12)7(21-29-13,22-30-14)8(33,23-31-15)24-32-16/h33H,2-4H2,1H3. The van der Waals surface area contributed by atoms with E-state index in [-0.39, 0.29) is 12.8 Å². The number of hydrogen-bond acceptors (Lipinski definition) is 9. The van der Waals surface area contributed by atoms with Gasteiger partial charge < -0.3 is 5.11 Å². The molecule has 0 radical (unpaired) electrons. The molecule has 0 rings (SSSR count). The van der Waals surface area contributed by atoms with Crippen molar-refractivity contribution in [2.45, 2.75) is 49.0 Å². The fraction of sp³-hybridized carbons (Fsp3) is 1.00. The van der Waals surface area contributed by atoms with Crippen molar-refractivity contribution in [3.8, 4) is 0 Å². The summed E-state index contributed by atoms with van der Waals surface area (Å²) in [5, 5.41) is 35.1. The smallest absolute Gasteiger partial charge is 0.240 e. The summed E-state index contributed by atoms with van der Waals surface area (Å²) in [5.41, 5.74) is 62.4. The minimum absolute atomic E-state index is 0.0359. The third-order valence-corrected chi connectivity index (χ3v) is 3.94. The van der Waals surface area contributed by atoms with Crippen LogP contribution < -0.4 is 0 Å². The number of azide groups is 4. The van der Waals surface area contributed by atoms with Gasteiger partial charge in [0.05, 0.1) is 0 Å². The molecule has 0 aliphatic heterocycles. The zero-order valence-corrected chi connectivity index (χ0v) is 16.3. The molecular weight excluding hydrogens is 448 g/mol. The van der Waals surface area contributed by atoms with E-state index >= 15 is 0 Å². The van der Waals surface area contributed by atoms with E-state index < -0.39 is 29.3 Å². The number of nitrogens with zero attached hydrogens (tertiary/aromatic N) is 24. The first-order valence-corrected chi connectivity index (χ1v) is 8.02. The quantitative estimate of drug-likeness (QED) is 0.172. The SMILES string of the molecule is CCCCC(N=[N+]=[N-])(N=[N+]=[N-])C(N=[N+]=[N-])(N=[N+]=[N-])C(N=[N+]=[N-])(N=[N+]=[N-])C(O)(N=[N+]=[N-])N=[N+]=[N-]. The van der Waals surface area contributed by atoms with E-state index in [2.05, 4.69) is 80.2 Å². The van der Waals surface area contributed by atoms with Crippen molar-refractivity contribution >= 4 is 0 Å². The van der Waals surface area contributed by atoms with E-state index in [1.165, 1.54) is 0 Å². The molecule has 0 aliphatic carbocycles. The van der Waals surface area contributed by atoms with Gasteiger partial charge in [-0.2, -0.15) is 0 Å². The van der Waals surface area contributed by atoms with E-state index in [9.17, 15) is 16.2 Å². The van der Waals surface area contributed by atoms with E-state index in [0.29, 0.717) is 0 Å². The summed E-state index contributed by atoms with van der Waals surface area (Å²) in [5.74, 6) is -3.87. The van der Waals surface area contributed by atoms with Gasteiger partial charge in [-0.3, -0.25) is 0 Å². The van der Waals surface area contributed by atoms with Crippen molar-refractivity contribution in [1.82, 2.24) is 0 Å². The lowest BCUT2D eigenvalue weighted by Crippen LogP contribution is -2.69. The van der Waals surface area contributed by atoms with Crippen molar-refractivity contribution in [2.24, 2.45) is 40.9 Å². The Morgan fingerprint density at radius 1 is 0.545 bits per heavy atom. The van der Waals surface area contributed by atoms with E-state index in [1.807, 2.05) is 0 Å². The van der Waals surface area contributed by atoms with E-state index in [0.717, 1.165) is 0 Å². The molecule has 25 heteroatoms. The predicted molar refractivity (Wildman–Crippen MR) is 106 cm³/mol. The van der Waals surface area contributed by atoms with Crippen molar-refractivity contribution in [2.75, 3.05) is 0 Å². The molecule has 0 aromatic heterocycles. The highest BCUT2D eigenvalue weighted by Gasteiger charge is 2.71. The molecule has 0 spiro atoms. The van der Waals surface area contributed by atoms with Crippen LogP contribution in [-0.4, -0.2) is 27.9 Å². The lowest BCUT2D eigenvalue weighted by Gasteiger charge is -2.50. The Labute approximate surface area is 179 Å². The Morgan fingerprint density at radius 3 is 1.18 bits per heavy atom. The van der Waals surface area contributed by atoms with Crippen molar-refractivity contribution in [1.29, 1.82) is 0 Å². The first-order chi connectivity index (χ1) is 15.8. The Bertz CT molecular complexity index is 1060. The van der Waals surface area contributed by atoms with Gasteiger partial charge in [0, 0.05) is 39.3 Å². The number of hydrogen-bond donors (Lipinski definition) is 1. The lowest BCUT2D eigenvalue weighted by atomic mass is 9.77. The predicted octanol–water partition coefficient (Wildman–Crippen LogP) is 6.39. The monoisotopic (exact) mass is 458 g/mol. The highest BCUT2D eigenvalue weighted by Crippen LogP contribution is 2.53. The van der Waals surface area contributed by atoms with Gasteiger partial charge in [0.15, 0.2) is 11.3 Å². The van der Waals surface area contributed by atoms with Gasteiger partial charge in [-0.1, -0.05) is 60.7 Å². The largest absolute Gasteiger partial charge is 0.378 e. The van der Waals surface area contributed by atoms with Crippen LogP contribution >= 0.6 is 0 Å². The first-order valence-electron chi connectivity index (χ1n) is 8.02. The maximum atomic E-state index is 10.9. The molecule has 0 aromatic carbocycles. The van der Waals surface area contributed by atoms with E-state index in [1.54, 1.807) is 6.92 Å². The molecule has 25 nitrogen and oxygen atoms in total. The molecule has 0 heterocycles. The highest BCUT2D eigenvalue weighted by atomic mass is 16.3. The number of rotatable bonds is 14. The second-order valence-corrected chi connectivity index (χ2v) is 5.42. The molecule has 168 valence electrons. The van der Waals surface area contributed by atoms with Gasteiger partial charge >= 0.3 is 0 Å². The molecule has 0 bridgehead atoms. The molecule has 0 fully saturated rings. The Morgan fingerprint density at radius 2 is 0.879 bits per heavy atom. The third kappa shape index (κ3) is 4.62. The van der Waals surface area contributed by atoms with Crippen LogP contribution in [0.3, 0.4) is 0 Å². The fourth-order valence-electron chi connectivity index (χ4n) is 2.67. The molecule has 0 saturated carbocycles. The van der Waals surface area contributed by atoms with E-state index in [4.69, 9.17) is 33.2 Å². The summed E-state index contributed by atoms with van der Waals surface area (Å²) in [6.45, 7) is 1.60. The Kier molecular flexibility index (Phi) is 10.2. The summed E-state index contributed by atoms with van der Waals surface area (Å²) in [6, 6.07) is 0. The van der Waals surface area contributed by atoms with Crippen molar-refractivity contribution < 1.29 is 5.11 Å². The molecule has 1 N–H and O–H groups in total. The first kappa shape index (κ1) is 27.4. The van der Waals surface area contributed by atoms with Crippen LogP contribution in [0.4, 0.5) is 0 Å². The normalized spacial score (nSPS) is 16.3. The molecule has 0 unspecified atom stereocenters. The molecular formula is C8H10N24O. The molecule has 0 atom stereocenters. The van der Waals surface area contributed by atoms with Crippen molar-refractivity contribution in [3.05, 3.63) is 83.5 Å². The van der Waals surface area contributed by atoms with Crippen LogP contribution in [0.5, 0.6) is 0 Å². The summed E-state index contributed by atoms with van der Waals surface area (Å²) in [6.07, 6.45) is -0.410. The van der Waals surface area contributed by atoms with Crippen molar-refractivity contribution in [3.63, 3.8) is 0 Å². The Balaban J connectivity index is 8.77.